The molecule has 0 spiro atoms. The Kier molecular flexibility index (Phi) is 2.52. The van der Waals surface area contributed by atoms with Crippen LogP contribution in [0.15, 0.2) is 12.7 Å². The van der Waals surface area contributed by atoms with Crippen LogP contribution in [-0.4, -0.2) is 18.4 Å². The van der Waals surface area contributed by atoms with E-state index in [-0.39, 0.29) is 12.2 Å². The van der Waals surface area contributed by atoms with Crippen LogP contribution in [0.1, 0.15) is 19.8 Å². The zero-order chi connectivity index (χ0) is 8.27. The first-order valence-electron chi connectivity index (χ1n) is 3.70. The number of hydrogen-bond acceptors (Lipinski definition) is 3. The van der Waals surface area contributed by atoms with Gasteiger partial charge >= 0.3 is 6.16 Å². The molecule has 0 saturated carbocycles. The molecule has 0 aliphatic carbocycles. The van der Waals surface area contributed by atoms with Crippen molar-refractivity contribution in [1.29, 1.82) is 0 Å². The van der Waals surface area contributed by atoms with Gasteiger partial charge in [0.25, 0.3) is 0 Å². The zero-order valence-electron chi connectivity index (χ0n) is 6.58. The SMILES string of the molecule is C=CC[C@H]1C[C@H](C)OC(=O)O1. The predicted molar refractivity (Wildman–Crippen MR) is 40.2 cm³/mol. The summed E-state index contributed by atoms with van der Waals surface area (Å²) >= 11 is 0. The number of hydrogen-bond donors (Lipinski definition) is 0. The van der Waals surface area contributed by atoms with Gasteiger partial charge in [-0.1, -0.05) is 6.08 Å². The molecule has 3 heteroatoms. The standard InChI is InChI=1S/C8H12O3/c1-3-4-7-5-6(2)10-8(9)11-7/h3,6-7H,1,4-5H2,2H3/t6-,7-/m0/s1. The van der Waals surface area contributed by atoms with Crippen molar-refractivity contribution in [1.82, 2.24) is 0 Å². The molecule has 0 aromatic heterocycles. The van der Waals surface area contributed by atoms with Gasteiger partial charge in [0.1, 0.15) is 12.2 Å². The van der Waals surface area contributed by atoms with Crippen molar-refractivity contribution >= 4 is 6.16 Å². The third-order valence-corrected chi connectivity index (χ3v) is 1.58. The quantitative estimate of drug-likeness (QED) is 0.452. The highest BCUT2D eigenvalue weighted by molar-refractivity contribution is 5.61. The van der Waals surface area contributed by atoms with E-state index in [4.69, 9.17) is 9.47 Å². The maximum absolute atomic E-state index is 10.7. The van der Waals surface area contributed by atoms with Crippen LogP contribution in [0.3, 0.4) is 0 Å². The summed E-state index contributed by atoms with van der Waals surface area (Å²) in [7, 11) is 0. The van der Waals surface area contributed by atoms with E-state index in [0.717, 1.165) is 6.42 Å². The highest BCUT2D eigenvalue weighted by Gasteiger charge is 2.25. The zero-order valence-corrected chi connectivity index (χ0v) is 6.58. The van der Waals surface area contributed by atoms with Crippen molar-refractivity contribution in [2.24, 2.45) is 0 Å². The van der Waals surface area contributed by atoms with Crippen molar-refractivity contribution < 1.29 is 14.3 Å². The topological polar surface area (TPSA) is 35.5 Å². The fraction of sp³-hybridized carbons (Fsp3) is 0.625. The maximum atomic E-state index is 10.7. The molecule has 1 rings (SSSR count). The largest absolute Gasteiger partial charge is 0.508 e. The number of cyclic esters (lactones) is 2. The summed E-state index contributed by atoms with van der Waals surface area (Å²) in [5.41, 5.74) is 0. The first-order chi connectivity index (χ1) is 5.22. The highest BCUT2D eigenvalue weighted by atomic mass is 16.7. The number of ether oxygens (including phenoxy) is 2. The van der Waals surface area contributed by atoms with E-state index in [1.54, 1.807) is 6.08 Å². The van der Waals surface area contributed by atoms with Gasteiger partial charge in [0.2, 0.25) is 0 Å². The molecule has 0 radical (unpaired) electrons. The van der Waals surface area contributed by atoms with Gasteiger partial charge in [-0.25, -0.2) is 4.79 Å². The second kappa shape index (κ2) is 3.42. The average Bonchev–Trinajstić information content (AvgIpc) is 1.85. The molecule has 11 heavy (non-hydrogen) atoms. The van der Waals surface area contributed by atoms with Crippen molar-refractivity contribution in [2.75, 3.05) is 0 Å². The van der Waals surface area contributed by atoms with Crippen LogP contribution in [-0.2, 0) is 9.47 Å². The van der Waals surface area contributed by atoms with Crippen LogP contribution < -0.4 is 0 Å². The minimum absolute atomic E-state index is 0.0267. The molecular formula is C8H12O3. The van der Waals surface area contributed by atoms with Crippen LogP contribution in [0.5, 0.6) is 0 Å². The van der Waals surface area contributed by atoms with Crippen LogP contribution in [0, 0.1) is 0 Å². The van der Waals surface area contributed by atoms with Gasteiger partial charge in [-0.3, -0.25) is 0 Å². The molecule has 0 N–H and O–H groups in total. The molecular weight excluding hydrogens is 144 g/mol. The molecule has 1 saturated heterocycles. The summed E-state index contributed by atoms with van der Waals surface area (Å²) in [5.74, 6) is 0. The molecule has 0 unspecified atom stereocenters. The Morgan fingerprint density at radius 3 is 3.00 bits per heavy atom. The van der Waals surface area contributed by atoms with Crippen LogP contribution in [0.4, 0.5) is 4.79 Å². The summed E-state index contributed by atoms with van der Waals surface area (Å²) in [6.45, 7) is 5.43. The van der Waals surface area contributed by atoms with E-state index in [0.29, 0.717) is 6.42 Å². The first kappa shape index (κ1) is 8.11. The van der Waals surface area contributed by atoms with E-state index in [1.807, 2.05) is 6.92 Å². The predicted octanol–water partition coefficient (Wildman–Crippen LogP) is 1.88. The summed E-state index contributed by atoms with van der Waals surface area (Å²) in [5, 5.41) is 0. The van der Waals surface area contributed by atoms with Gasteiger partial charge < -0.3 is 9.47 Å². The number of carbonyl (C=O) groups is 1. The molecule has 2 atom stereocenters. The summed E-state index contributed by atoms with van der Waals surface area (Å²) < 4.78 is 9.63. The number of carbonyl (C=O) groups excluding carboxylic acids is 1. The van der Waals surface area contributed by atoms with Gasteiger partial charge in [-0.15, -0.1) is 6.58 Å². The molecule has 0 amide bonds. The monoisotopic (exact) mass is 156 g/mol. The third kappa shape index (κ3) is 2.26. The minimum Gasteiger partial charge on any atom is -0.431 e. The Hall–Kier alpha value is -0.990. The molecule has 1 fully saturated rings. The molecule has 0 aromatic rings. The smallest absolute Gasteiger partial charge is 0.431 e. The van der Waals surface area contributed by atoms with Crippen molar-refractivity contribution in [3.63, 3.8) is 0 Å². The fourth-order valence-electron chi connectivity index (χ4n) is 1.12. The normalized spacial score (nSPS) is 30.5. The third-order valence-electron chi connectivity index (χ3n) is 1.58. The van der Waals surface area contributed by atoms with Crippen LogP contribution in [0.2, 0.25) is 0 Å². The summed E-state index contributed by atoms with van der Waals surface area (Å²) in [6, 6.07) is 0. The fourth-order valence-corrected chi connectivity index (χ4v) is 1.12. The second-order valence-electron chi connectivity index (χ2n) is 2.68. The van der Waals surface area contributed by atoms with Crippen LogP contribution in [0.25, 0.3) is 0 Å². The average molecular weight is 156 g/mol. The molecule has 0 aromatic carbocycles. The van der Waals surface area contributed by atoms with Gasteiger partial charge in [-0.05, 0) is 6.92 Å². The lowest BCUT2D eigenvalue weighted by molar-refractivity contribution is -0.0523. The number of rotatable bonds is 2. The lowest BCUT2D eigenvalue weighted by Crippen LogP contribution is -2.32. The van der Waals surface area contributed by atoms with Gasteiger partial charge in [0.15, 0.2) is 0 Å². The van der Waals surface area contributed by atoms with E-state index in [1.165, 1.54) is 0 Å². The highest BCUT2D eigenvalue weighted by Crippen LogP contribution is 2.17. The lowest BCUT2D eigenvalue weighted by atomic mass is 10.1. The second-order valence-corrected chi connectivity index (χ2v) is 2.68. The molecule has 1 aliphatic heterocycles. The lowest BCUT2D eigenvalue weighted by Gasteiger charge is -2.25. The molecule has 3 nitrogen and oxygen atoms in total. The van der Waals surface area contributed by atoms with Crippen LogP contribution >= 0.6 is 0 Å². The Labute approximate surface area is 66.0 Å². The van der Waals surface area contributed by atoms with Crippen molar-refractivity contribution in [3.05, 3.63) is 12.7 Å². The Bertz CT molecular complexity index is 165. The van der Waals surface area contributed by atoms with Crippen molar-refractivity contribution in [2.45, 2.75) is 32.0 Å². The van der Waals surface area contributed by atoms with E-state index >= 15 is 0 Å². The summed E-state index contributed by atoms with van der Waals surface area (Å²) in [6.07, 6.45) is 2.59. The van der Waals surface area contributed by atoms with E-state index in [2.05, 4.69) is 6.58 Å². The minimum atomic E-state index is -0.560. The van der Waals surface area contributed by atoms with Gasteiger partial charge in [-0.2, -0.15) is 0 Å². The van der Waals surface area contributed by atoms with E-state index in [9.17, 15) is 4.79 Å². The van der Waals surface area contributed by atoms with Crippen molar-refractivity contribution in [3.8, 4) is 0 Å². The molecule has 1 aliphatic rings. The molecule has 62 valence electrons. The molecule has 1 heterocycles. The van der Waals surface area contributed by atoms with Gasteiger partial charge in [0.05, 0.1) is 0 Å². The Balaban J connectivity index is 2.42. The summed E-state index contributed by atoms with van der Waals surface area (Å²) in [4.78, 5) is 10.7. The Morgan fingerprint density at radius 1 is 1.73 bits per heavy atom. The first-order valence-corrected chi connectivity index (χ1v) is 3.70. The maximum Gasteiger partial charge on any atom is 0.508 e. The molecule has 0 bridgehead atoms. The Morgan fingerprint density at radius 2 is 2.45 bits per heavy atom. The van der Waals surface area contributed by atoms with E-state index < -0.39 is 6.16 Å². The van der Waals surface area contributed by atoms with Gasteiger partial charge in [0, 0.05) is 12.8 Å².